The largest absolute Gasteiger partial charge is 0.469 e. The molecule has 1 amide bonds. The van der Waals surface area contributed by atoms with Crippen molar-refractivity contribution in [2.24, 2.45) is 0 Å². The highest BCUT2D eigenvalue weighted by molar-refractivity contribution is 5.82. The van der Waals surface area contributed by atoms with E-state index in [4.69, 9.17) is 15.2 Å². The molecule has 0 atom stereocenters. The minimum Gasteiger partial charge on any atom is -0.469 e. The molecule has 0 bridgehead atoms. The molecule has 0 radical (unpaired) electrons. The summed E-state index contributed by atoms with van der Waals surface area (Å²) in [5.74, 6) is -0.141. The molecule has 0 spiro atoms. The molecule has 3 heterocycles. The van der Waals surface area contributed by atoms with Crippen molar-refractivity contribution in [3.8, 4) is 6.01 Å². The molecule has 238 valence electrons. The van der Waals surface area contributed by atoms with Gasteiger partial charge in [0.2, 0.25) is 5.91 Å². The van der Waals surface area contributed by atoms with E-state index < -0.39 is 0 Å². The predicted molar refractivity (Wildman–Crippen MR) is 171 cm³/mol. The van der Waals surface area contributed by atoms with Gasteiger partial charge in [0.05, 0.1) is 26.7 Å². The number of ether oxygens (including phenoxy) is 2. The summed E-state index contributed by atoms with van der Waals surface area (Å²) in [7, 11) is 1.37. The van der Waals surface area contributed by atoms with E-state index in [1.165, 1.54) is 22.8 Å². The normalized spacial score (nSPS) is 13.0. The van der Waals surface area contributed by atoms with Gasteiger partial charge in [-0.1, -0.05) is 61.9 Å². The van der Waals surface area contributed by atoms with E-state index in [1.54, 1.807) is 0 Å². The summed E-state index contributed by atoms with van der Waals surface area (Å²) in [5.41, 5.74) is 10.9. The highest BCUT2D eigenvalue weighted by atomic mass is 16.5. The minimum atomic E-state index is -0.345. The van der Waals surface area contributed by atoms with Crippen LogP contribution in [0.25, 0.3) is 11.2 Å². The fourth-order valence-electron chi connectivity index (χ4n) is 5.52. The maximum atomic E-state index is 13.8. The second kappa shape index (κ2) is 14.8. The molecule has 1 aliphatic heterocycles. The van der Waals surface area contributed by atoms with Crippen LogP contribution in [0.2, 0.25) is 0 Å². The molecule has 2 aromatic heterocycles. The number of nitrogens with zero attached hydrogens (tertiary/aromatic N) is 5. The van der Waals surface area contributed by atoms with E-state index in [0.29, 0.717) is 50.4 Å². The monoisotopic (exact) mass is 615 g/mol. The molecular formula is C33H41N7O5. The van der Waals surface area contributed by atoms with Gasteiger partial charge in [-0.3, -0.25) is 19.1 Å². The Kier molecular flexibility index (Phi) is 10.5. The number of aromatic nitrogens is 4. The first-order valence-electron chi connectivity index (χ1n) is 15.4. The number of fused-ring (bicyclic) bond motifs is 2. The lowest BCUT2D eigenvalue weighted by Gasteiger charge is -2.31. The van der Waals surface area contributed by atoms with E-state index >= 15 is 0 Å². The van der Waals surface area contributed by atoms with E-state index in [-0.39, 0.29) is 35.8 Å². The molecule has 12 heteroatoms. The summed E-state index contributed by atoms with van der Waals surface area (Å²) >= 11 is 0. The first-order valence-corrected chi connectivity index (χ1v) is 15.4. The van der Waals surface area contributed by atoms with Crippen LogP contribution < -0.4 is 16.2 Å². The van der Waals surface area contributed by atoms with Crippen molar-refractivity contribution < 1.29 is 19.1 Å². The number of amides is 1. The zero-order valence-corrected chi connectivity index (χ0v) is 26.0. The number of carbonyl (C=O) groups excluding carboxylic acids is 2. The molecule has 0 saturated heterocycles. The van der Waals surface area contributed by atoms with E-state index in [2.05, 4.69) is 45.0 Å². The number of nitrogens with two attached hydrogens (primary N) is 1. The second-order valence-corrected chi connectivity index (χ2v) is 11.3. The van der Waals surface area contributed by atoms with Crippen LogP contribution in [0.5, 0.6) is 6.01 Å². The number of hydrogen-bond donors (Lipinski definition) is 2. The fourth-order valence-corrected chi connectivity index (χ4v) is 5.52. The van der Waals surface area contributed by atoms with Crippen molar-refractivity contribution >= 4 is 28.9 Å². The van der Waals surface area contributed by atoms with Crippen LogP contribution in [0.1, 0.15) is 48.4 Å². The highest BCUT2D eigenvalue weighted by Gasteiger charge is 2.22. The summed E-state index contributed by atoms with van der Waals surface area (Å²) in [5, 5.41) is 0. The summed E-state index contributed by atoms with van der Waals surface area (Å²) in [6.07, 6.45) is 3.42. The fraction of sp³-hybridized carbons (Fsp3) is 0.424. The number of esters is 1. The van der Waals surface area contributed by atoms with Crippen molar-refractivity contribution in [3.63, 3.8) is 0 Å². The third kappa shape index (κ3) is 8.07. The van der Waals surface area contributed by atoms with Gasteiger partial charge in [0, 0.05) is 32.7 Å². The molecule has 3 N–H and O–H groups in total. The van der Waals surface area contributed by atoms with Crippen LogP contribution in [0.4, 0.5) is 5.82 Å². The minimum absolute atomic E-state index is 0.0115. The number of imidazole rings is 1. The van der Waals surface area contributed by atoms with Crippen LogP contribution in [0.15, 0.2) is 53.3 Å². The molecule has 5 rings (SSSR count). The predicted octanol–water partition coefficient (Wildman–Crippen LogP) is 3.07. The van der Waals surface area contributed by atoms with Gasteiger partial charge in [-0.25, -0.2) is 4.79 Å². The number of unbranched alkanes of at least 4 members (excludes halogenated alkanes) is 1. The quantitative estimate of drug-likeness (QED) is 0.161. The number of nitrogen functional groups attached to an aromatic ring is 1. The van der Waals surface area contributed by atoms with Gasteiger partial charge < -0.3 is 25.1 Å². The third-order valence-corrected chi connectivity index (χ3v) is 8.06. The van der Waals surface area contributed by atoms with Gasteiger partial charge >= 0.3 is 17.7 Å². The molecule has 1 aliphatic rings. The number of rotatable bonds is 14. The SMILES string of the molecule is CCCCOc1nc(N)c2[nH]c(=O)n(CCCN(Cc3ccc(CC(=O)OC)cc3)C(=O)CN3CCc4ccccc4C3)c2n1. The highest BCUT2D eigenvalue weighted by Crippen LogP contribution is 2.20. The molecule has 4 aromatic rings. The Balaban J connectivity index is 1.30. The molecule has 0 unspecified atom stereocenters. The number of hydrogen-bond acceptors (Lipinski definition) is 9. The average Bonchev–Trinajstić information content (AvgIpc) is 3.36. The Morgan fingerprint density at radius 1 is 1.04 bits per heavy atom. The standard InChI is InChI=1S/C33H41N7O5/c1-3-4-18-45-32-36-30(34)29-31(37-32)40(33(43)35-29)16-7-15-39(20-24-12-10-23(11-13-24)19-28(42)44-2)27(41)22-38-17-14-25-8-5-6-9-26(25)21-38/h5-6,8-13H,3-4,7,14-22H2,1-2H3,(H,35,43)(H2,34,36,37). The zero-order chi connectivity index (χ0) is 31.8. The lowest BCUT2D eigenvalue weighted by atomic mass is 10.00. The molecular weight excluding hydrogens is 574 g/mol. The Morgan fingerprint density at radius 2 is 1.80 bits per heavy atom. The Labute approximate surface area is 262 Å². The molecule has 2 aromatic carbocycles. The number of H-pyrrole nitrogens is 1. The van der Waals surface area contributed by atoms with Crippen LogP contribution in [-0.2, 0) is 46.8 Å². The number of carbonyl (C=O) groups is 2. The number of anilines is 1. The van der Waals surface area contributed by atoms with Gasteiger partial charge in [0.1, 0.15) is 5.52 Å². The number of nitrogens with one attached hydrogen (secondary N) is 1. The maximum absolute atomic E-state index is 13.8. The zero-order valence-electron chi connectivity index (χ0n) is 26.0. The molecule has 45 heavy (non-hydrogen) atoms. The van der Waals surface area contributed by atoms with E-state index in [1.807, 2.05) is 35.2 Å². The lowest BCUT2D eigenvalue weighted by molar-refractivity contribution is -0.139. The molecule has 0 fully saturated rings. The summed E-state index contributed by atoms with van der Waals surface area (Å²) in [4.78, 5) is 53.7. The second-order valence-electron chi connectivity index (χ2n) is 11.3. The first kappa shape index (κ1) is 31.7. The first-order chi connectivity index (χ1) is 21.8. The number of aromatic amines is 1. The summed E-state index contributed by atoms with van der Waals surface area (Å²) in [6.45, 7) is 5.50. The maximum Gasteiger partial charge on any atom is 0.327 e. The lowest BCUT2D eigenvalue weighted by Crippen LogP contribution is -2.42. The summed E-state index contributed by atoms with van der Waals surface area (Å²) in [6, 6.07) is 16.1. The van der Waals surface area contributed by atoms with Gasteiger partial charge in [0.15, 0.2) is 11.5 Å². The van der Waals surface area contributed by atoms with Crippen LogP contribution in [-0.4, -0.2) is 74.5 Å². The van der Waals surface area contributed by atoms with Crippen LogP contribution >= 0.6 is 0 Å². The Bertz CT molecular complexity index is 1680. The third-order valence-electron chi connectivity index (χ3n) is 8.06. The van der Waals surface area contributed by atoms with Gasteiger partial charge in [-0.15, -0.1) is 0 Å². The number of aryl methyl sites for hydroxylation is 1. The summed E-state index contributed by atoms with van der Waals surface area (Å²) < 4.78 is 12.0. The van der Waals surface area contributed by atoms with Crippen molar-refractivity contribution in [1.29, 1.82) is 0 Å². The van der Waals surface area contributed by atoms with Crippen molar-refractivity contribution in [3.05, 3.63) is 81.3 Å². The van der Waals surface area contributed by atoms with Crippen LogP contribution in [0, 0.1) is 0 Å². The van der Waals surface area contributed by atoms with Crippen LogP contribution in [0.3, 0.4) is 0 Å². The molecule has 0 saturated carbocycles. The number of benzene rings is 2. The van der Waals surface area contributed by atoms with Gasteiger partial charge in [0.25, 0.3) is 0 Å². The molecule has 0 aliphatic carbocycles. The Hall–Kier alpha value is -4.71. The van der Waals surface area contributed by atoms with Crippen molar-refractivity contribution in [2.75, 3.05) is 39.1 Å². The van der Waals surface area contributed by atoms with Gasteiger partial charge in [-0.2, -0.15) is 9.97 Å². The average molecular weight is 616 g/mol. The topological polar surface area (TPSA) is 149 Å². The van der Waals surface area contributed by atoms with Crippen molar-refractivity contribution in [1.82, 2.24) is 29.3 Å². The van der Waals surface area contributed by atoms with E-state index in [0.717, 1.165) is 43.5 Å². The van der Waals surface area contributed by atoms with Gasteiger partial charge in [-0.05, 0) is 41.5 Å². The Morgan fingerprint density at radius 3 is 2.56 bits per heavy atom. The van der Waals surface area contributed by atoms with Crippen molar-refractivity contribution in [2.45, 2.75) is 58.7 Å². The van der Waals surface area contributed by atoms with E-state index in [9.17, 15) is 14.4 Å². The molecule has 12 nitrogen and oxygen atoms in total. The number of methoxy groups -OCH3 is 1. The smallest absolute Gasteiger partial charge is 0.327 e.